The summed E-state index contributed by atoms with van der Waals surface area (Å²) in [6, 6.07) is 5.24. The average molecular weight is 485 g/mol. The fourth-order valence-corrected chi connectivity index (χ4v) is 4.61. The van der Waals surface area contributed by atoms with Crippen LogP contribution in [-0.4, -0.2) is 86.9 Å². The molecule has 2 aliphatic rings. The Balaban J connectivity index is 1.08. The molecule has 0 spiro atoms. The highest BCUT2D eigenvalue weighted by Crippen LogP contribution is 2.22. The van der Waals surface area contributed by atoms with E-state index in [1.165, 1.54) is 0 Å². The number of aromatic nitrogens is 4. The topological polar surface area (TPSA) is 113 Å². The Morgan fingerprint density at radius 3 is 2.43 bits per heavy atom. The molecule has 2 aliphatic heterocycles. The van der Waals surface area contributed by atoms with Gasteiger partial charge >= 0.3 is 0 Å². The largest absolute Gasteiger partial charge is 0.366 e. The number of nitrogens with two attached hydrogens (primary N) is 1. The minimum absolute atomic E-state index is 0.0799. The van der Waals surface area contributed by atoms with Crippen molar-refractivity contribution < 1.29 is 18.4 Å². The molecule has 12 heteroatoms. The first kappa shape index (κ1) is 23.1. The van der Waals surface area contributed by atoms with E-state index in [2.05, 4.69) is 19.9 Å². The summed E-state index contributed by atoms with van der Waals surface area (Å²) >= 11 is 0. The summed E-state index contributed by atoms with van der Waals surface area (Å²) in [5.74, 6) is 0.409. The van der Waals surface area contributed by atoms with Gasteiger partial charge in [0.1, 0.15) is 0 Å². The van der Waals surface area contributed by atoms with Crippen molar-refractivity contribution in [3.63, 3.8) is 0 Å². The van der Waals surface area contributed by atoms with Gasteiger partial charge in [0.25, 0.3) is 6.43 Å². The Morgan fingerprint density at radius 1 is 1.06 bits per heavy atom. The van der Waals surface area contributed by atoms with E-state index >= 15 is 0 Å². The molecular formula is C23H26F2N8O2. The van der Waals surface area contributed by atoms with E-state index < -0.39 is 12.3 Å². The number of primary amides is 1. The fourth-order valence-electron chi connectivity index (χ4n) is 4.61. The lowest BCUT2D eigenvalue weighted by Gasteiger charge is -2.41. The van der Waals surface area contributed by atoms with E-state index in [-0.39, 0.29) is 11.5 Å². The van der Waals surface area contributed by atoms with Crippen LogP contribution in [0.1, 0.15) is 22.3 Å². The van der Waals surface area contributed by atoms with Gasteiger partial charge in [-0.2, -0.15) is 0 Å². The minimum Gasteiger partial charge on any atom is -0.366 e. The summed E-state index contributed by atoms with van der Waals surface area (Å²) in [5.41, 5.74) is 7.34. The molecule has 0 unspecified atom stereocenters. The summed E-state index contributed by atoms with van der Waals surface area (Å²) in [7, 11) is 0. The van der Waals surface area contributed by atoms with Crippen molar-refractivity contribution >= 4 is 28.8 Å². The first-order valence-electron chi connectivity index (χ1n) is 11.5. The Hall–Kier alpha value is -3.67. The second-order valence-electron chi connectivity index (χ2n) is 9.01. The number of alkyl halides is 2. The van der Waals surface area contributed by atoms with Crippen LogP contribution in [0.5, 0.6) is 0 Å². The van der Waals surface area contributed by atoms with Gasteiger partial charge in [-0.25, -0.2) is 23.7 Å². The number of likely N-dealkylation sites (tertiary alicyclic amines) is 1. The normalized spacial score (nSPS) is 17.2. The number of nitrogens with zero attached hydrogens (tertiary/aromatic N) is 7. The van der Waals surface area contributed by atoms with Gasteiger partial charge in [-0.15, -0.1) is 0 Å². The second kappa shape index (κ2) is 9.53. The quantitative estimate of drug-likeness (QED) is 0.535. The van der Waals surface area contributed by atoms with E-state index in [0.717, 1.165) is 43.1 Å². The maximum Gasteiger partial charge on any atom is 0.266 e. The van der Waals surface area contributed by atoms with Crippen molar-refractivity contribution in [2.45, 2.75) is 13.0 Å². The fraction of sp³-hybridized carbons (Fsp3) is 0.435. The number of amides is 2. The molecule has 35 heavy (non-hydrogen) atoms. The smallest absolute Gasteiger partial charge is 0.266 e. The predicted molar refractivity (Wildman–Crippen MR) is 124 cm³/mol. The molecule has 2 amide bonds. The van der Waals surface area contributed by atoms with Crippen molar-refractivity contribution in [2.24, 2.45) is 11.7 Å². The third-order valence-electron chi connectivity index (χ3n) is 6.58. The van der Waals surface area contributed by atoms with Crippen molar-refractivity contribution in [3.8, 4) is 0 Å². The Morgan fingerprint density at radius 2 is 1.77 bits per heavy atom. The van der Waals surface area contributed by atoms with Gasteiger partial charge in [-0.1, -0.05) is 0 Å². The number of halogens is 2. The first-order valence-corrected chi connectivity index (χ1v) is 11.5. The van der Waals surface area contributed by atoms with Crippen LogP contribution in [0, 0.1) is 5.92 Å². The molecule has 184 valence electrons. The van der Waals surface area contributed by atoms with Crippen molar-refractivity contribution in [1.29, 1.82) is 0 Å². The molecule has 2 N–H and O–H groups in total. The summed E-state index contributed by atoms with van der Waals surface area (Å²) in [6.07, 6.45) is 1.48. The number of hydrogen-bond acceptors (Lipinski definition) is 7. The monoisotopic (exact) mass is 484 g/mol. The lowest BCUT2D eigenvalue weighted by Crippen LogP contribution is -2.55. The summed E-state index contributed by atoms with van der Waals surface area (Å²) in [5, 5.41) is 0. The lowest BCUT2D eigenvalue weighted by molar-refractivity contribution is -0.134. The predicted octanol–water partition coefficient (Wildman–Crippen LogP) is 1.14. The van der Waals surface area contributed by atoms with Gasteiger partial charge < -0.3 is 20.1 Å². The number of imidazole rings is 1. The van der Waals surface area contributed by atoms with Crippen LogP contribution in [0.4, 0.5) is 14.7 Å². The zero-order chi connectivity index (χ0) is 24.5. The standard InChI is InChI=1S/C23H26F2N8O2/c24-21(25)17-8-27-23(28-9-17)32-5-3-31(4-6-32)20(34)13-30-10-15(11-30)12-33-14-29-18-2-1-16(22(26)35)7-19(18)33/h1-2,7-9,14-15,21H,3-6,10-13H2,(H2,26,35). The van der Waals surface area contributed by atoms with Gasteiger partial charge in [-0.3, -0.25) is 14.5 Å². The van der Waals surface area contributed by atoms with E-state index in [4.69, 9.17) is 5.73 Å². The van der Waals surface area contributed by atoms with E-state index in [1.807, 2.05) is 14.4 Å². The molecule has 2 aromatic heterocycles. The number of fused-ring (bicyclic) bond motifs is 1. The Labute approximate surface area is 200 Å². The molecule has 10 nitrogen and oxygen atoms in total. The average Bonchev–Trinajstić information content (AvgIpc) is 3.24. The maximum absolute atomic E-state index is 12.8. The van der Waals surface area contributed by atoms with E-state index in [1.54, 1.807) is 24.5 Å². The highest BCUT2D eigenvalue weighted by Gasteiger charge is 2.31. The highest BCUT2D eigenvalue weighted by molar-refractivity contribution is 5.96. The van der Waals surface area contributed by atoms with Crippen LogP contribution in [0.3, 0.4) is 0 Å². The van der Waals surface area contributed by atoms with Crippen molar-refractivity contribution in [2.75, 3.05) is 50.7 Å². The van der Waals surface area contributed by atoms with Gasteiger partial charge in [0.15, 0.2) is 0 Å². The molecule has 0 bridgehead atoms. The molecule has 0 aliphatic carbocycles. The molecule has 0 saturated carbocycles. The Kier molecular flexibility index (Phi) is 6.29. The van der Waals surface area contributed by atoms with Crippen molar-refractivity contribution in [3.05, 3.63) is 48.0 Å². The van der Waals surface area contributed by atoms with Gasteiger partial charge in [-0.05, 0) is 18.2 Å². The van der Waals surface area contributed by atoms with E-state index in [9.17, 15) is 18.4 Å². The molecule has 0 atom stereocenters. The van der Waals surface area contributed by atoms with Crippen LogP contribution in [0.2, 0.25) is 0 Å². The lowest BCUT2D eigenvalue weighted by atomic mass is 10.00. The van der Waals surface area contributed by atoms with Gasteiger partial charge in [0, 0.05) is 69.7 Å². The van der Waals surface area contributed by atoms with Crippen LogP contribution in [0.15, 0.2) is 36.9 Å². The number of carbonyl (C=O) groups excluding carboxylic acids is 2. The van der Waals surface area contributed by atoms with Crippen LogP contribution in [-0.2, 0) is 11.3 Å². The number of benzene rings is 1. The van der Waals surface area contributed by atoms with Crippen LogP contribution >= 0.6 is 0 Å². The third-order valence-corrected chi connectivity index (χ3v) is 6.58. The van der Waals surface area contributed by atoms with E-state index in [0.29, 0.717) is 50.2 Å². The van der Waals surface area contributed by atoms with Gasteiger partial charge in [0.05, 0.1) is 29.5 Å². The third kappa shape index (κ3) is 4.92. The maximum atomic E-state index is 12.8. The zero-order valence-electron chi connectivity index (χ0n) is 19.1. The summed E-state index contributed by atoms with van der Waals surface area (Å²) in [6.45, 7) is 4.95. The van der Waals surface area contributed by atoms with Crippen LogP contribution < -0.4 is 10.6 Å². The second-order valence-corrected chi connectivity index (χ2v) is 9.01. The Bertz CT molecular complexity index is 1220. The number of rotatable bonds is 7. The number of anilines is 1. The van der Waals surface area contributed by atoms with Crippen molar-refractivity contribution in [1.82, 2.24) is 29.3 Å². The molecule has 0 radical (unpaired) electrons. The molecule has 4 heterocycles. The number of carbonyl (C=O) groups is 2. The molecular weight excluding hydrogens is 458 g/mol. The number of hydrogen-bond donors (Lipinski definition) is 1. The zero-order valence-corrected chi connectivity index (χ0v) is 19.1. The SMILES string of the molecule is NC(=O)c1ccc2ncn(CC3CN(CC(=O)N4CCN(c5ncc(C(F)F)cn5)CC4)C3)c2c1. The first-order chi connectivity index (χ1) is 16.9. The molecule has 2 fully saturated rings. The molecule has 1 aromatic carbocycles. The van der Waals surface area contributed by atoms with Crippen LogP contribution in [0.25, 0.3) is 11.0 Å². The molecule has 3 aromatic rings. The molecule has 5 rings (SSSR count). The number of piperazine rings is 1. The molecule has 2 saturated heterocycles. The highest BCUT2D eigenvalue weighted by atomic mass is 19.3. The van der Waals surface area contributed by atoms with Gasteiger partial charge in [0.2, 0.25) is 17.8 Å². The summed E-state index contributed by atoms with van der Waals surface area (Å²) < 4.78 is 27.4. The minimum atomic E-state index is -2.59. The summed E-state index contributed by atoms with van der Waals surface area (Å²) in [4.78, 5) is 42.5.